The number of amides is 2. The van der Waals surface area contributed by atoms with Gasteiger partial charge in [-0.25, -0.2) is 8.78 Å². The van der Waals surface area contributed by atoms with E-state index in [4.69, 9.17) is 4.74 Å². The number of nitrogens with zero attached hydrogens (tertiary/aromatic N) is 3. The van der Waals surface area contributed by atoms with Crippen LogP contribution in [0.4, 0.5) is 8.78 Å². The van der Waals surface area contributed by atoms with Crippen LogP contribution in [-0.2, 0) is 16.9 Å². The van der Waals surface area contributed by atoms with Crippen LogP contribution in [0.1, 0.15) is 135 Å². The first kappa shape index (κ1) is 39.5. The van der Waals surface area contributed by atoms with Gasteiger partial charge in [-0.2, -0.15) is 0 Å². The Morgan fingerprint density at radius 2 is 1.84 bits per heavy atom. The van der Waals surface area contributed by atoms with Gasteiger partial charge in [0.2, 0.25) is 11.2 Å². The highest BCUT2D eigenvalue weighted by Gasteiger charge is 2.55. The van der Waals surface area contributed by atoms with Crippen LogP contribution in [0.25, 0.3) is 0 Å². The van der Waals surface area contributed by atoms with Gasteiger partial charge in [0.05, 0.1) is 5.54 Å². The molecule has 1 aromatic heterocycles. The van der Waals surface area contributed by atoms with E-state index in [1.54, 1.807) is 16.5 Å². The van der Waals surface area contributed by atoms with Gasteiger partial charge in [-0.15, -0.1) is 0 Å². The normalized spacial score (nSPS) is 21.8. The third-order valence-electron chi connectivity index (χ3n) is 10.2. The third-order valence-corrected chi connectivity index (χ3v) is 10.2. The summed E-state index contributed by atoms with van der Waals surface area (Å²) >= 11 is 0. The fourth-order valence-corrected chi connectivity index (χ4v) is 6.87. The number of ether oxygens (including phenoxy) is 1. The van der Waals surface area contributed by atoms with Gasteiger partial charge in [0.15, 0.2) is 5.69 Å². The van der Waals surface area contributed by atoms with E-state index in [0.717, 1.165) is 37.5 Å². The summed E-state index contributed by atoms with van der Waals surface area (Å²) in [6.07, 6.45) is 6.80. The summed E-state index contributed by atoms with van der Waals surface area (Å²) in [5.41, 5.74) is -1.69. The summed E-state index contributed by atoms with van der Waals surface area (Å²) in [5.74, 6) is -3.47. The quantitative estimate of drug-likeness (QED) is 0.140. The van der Waals surface area contributed by atoms with Gasteiger partial charge in [-0.1, -0.05) is 59.9 Å². The number of unbranched alkanes of at least 4 members (excludes halogenated alkanes) is 2. The topological polar surface area (TPSA) is 110 Å². The van der Waals surface area contributed by atoms with E-state index in [-0.39, 0.29) is 37.3 Å². The molecule has 1 N–H and O–H groups in total. The van der Waals surface area contributed by atoms with Crippen molar-refractivity contribution in [3.63, 3.8) is 0 Å². The molecule has 49 heavy (non-hydrogen) atoms. The van der Waals surface area contributed by atoms with Crippen molar-refractivity contribution in [1.29, 1.82) is 0 Å². The minimum absolute atomic E-state index is 0. The number of aromatic nitrogens is 1. The van der Waals surface area contributed by atoms with E-state index in [1.165, 1.54) is 12.3 Å². The molecule has 0 saturated carbocycles. The smallest absolute Gasteiger partial charge is 0.311 e. The van der Waals surface area contributed by atoms with E-state index in [9.17, 15) is 28.0 Å². The molecule has 11 heteroatoms. The Bertz CT molecular complexity index is 1630. The molecule has 1 saturated heterocycles. The SMILES string of the molecule is CC.CN=C(C)C[C@@]1(C)CC[C@H](C)N2C[C@@]1(C)n1cc(C(=O)NCc3ccc(F)cc3F)c(=O)c(OC(=O)CCCCCC(C)C)c1C2=O.[HH]. The molecule has 9 nitrogen and oxygen atoms in total. The zero-order valence-electron chi connectivity index (χ0n) is 30.7. The molecule has 0 radical (unpaired) electrons. The molecule has 272 valence electrons. The van der Waals surface area contributed by atoms with E-state index in [1.807, 2.05) is 34.6 Å². The van der Waals surface area contributed by atoms with Crippen LogP contribution in [0, 0.1) is 23.0 Å². The lowest BCUT2D eigenvalue weighted by Crippen LogP contribution is -2.60. The van der Waals surface area contributed by atoms with Crippen LogP contribution in [0.3, 0.4) is 0 Å². The molecule has 0 aliphatic carbocycles. The summed E-state index contributed by atoms with van der Waals surface area (Å²) in [4.78, 5) is 61.2. The molecule has 2 bridgehead atoms. The van der Waals surface area contributed by atoms with Crippen LogP contribution in [-0.4, -0.2) is 52.6 Å². The van der Waals surface area contributed by atoms with Crippen LogP contribution in [0.2, 0.25) is 0 Å². The second kappa shape index (κ2) is 16.7. The summed E-state index contributed by atoms with van der Waals surface area (Å²) < 4.78 is 35.2. The van der Waals surface area contributed by atoms with Crippen LogP contribution >= 0.6 is 0 Å². The number of hydrogen-bond donors (Lipinski definition) is 1. The lowest BCUT2D eigenvalue weighted by atomic mass is 9.65. The van der Waals surface area contributed by atoms with Gasteiger partial charge in [0.1, 0.15) is 17.2 Å². The molecule has 1 fully saturated rings. The maximum atomic E-state index is 14.4. The summed E-state index contributed by atoms with van der Waals surface area (Å²) in [6.45, 7) is 16.3. The molecular formula is C38H56F2N4O5. The number of fused-ring (bicyclic) bond motifs is 4. The van der Waals surface area contributed by atoms with Crippen molar-refractivity contribution in [2.24, 2.45) is 16.3 Å². The Morgan fingerprint density at radius 1 is 1.14 bits per heavy atom. The Hall–Kier alpha value is -3.89. The van der Waals surface area contributed by atoms with Gasteiger partial charge in [0.25, 0.3) is 11.8 Å². The predicted octanol–water partition coefficient (Wildman–Crippen LogP) is 7.68. The van der Waals surface area contributed by atoms with Gasteiger partial charge in [-0.05, 0) is 63.9 Å². The van der Waals surface area contributed by atoms with Crippen molar-refractivity contribution in [2.75, 3.05) is 13.6 Å². The molecule has 0 spiro atoms. The Balaban J connectivity index is 0.00000284. The first-order valence-electron chi connectivity index (χ1n) is 17.6. The van der Waals surface area contributed by atoms with Crippen LogP contribution < -0.4 is 15.5 Å². The average molecular weight is 687 g/mol. The number of benzene rings is 1. The lowest BCUT2D eigenvalue weighted by Gasteiger charge is -2.52. The summed E-state index contributed by atoms with van der Waals surface area (Å²) in [7, 11) is 1.73. The monoisotopic (exact) mass is 686 g/mol. The Labute approximate surface area is 291 Å². The zero-order chi connectivity index (χ0) is 36.7. The van der Waals surface area contributed by atoms with E-state index < -0.39 is 51.6 Å². The Kier molecular flexibility index (Phi) is 13.5. The highest BCUT2D eigenvalue weighted by atomic mass is 19.1. The van der Waals surface area contributed by atoms with Crippen molar-refractivity contribution in [2.45, 2.75) is 125 Å². The number of esters is 1. The second-order valence-electron chi connectivity index (χ2n) is 14.1. The lowest BCUT2D eigenvalue weighted by molar-refractivity contribution is -0.134. The molecule has 2 amide bonds. The molecule has 1 aromatic carbocycles. The maximum absolute atomic E-state index is 14.4. The third kappa shape index (κ3) is 8.65. The number of halogens is 2. The maximum Gasteiger partial charge on any atom is 0.311 e. The van der Waals surface area contributed by atoms with Gasteiger partial charge < -0.3 is 19.5 Å². The number of carbonyl (C=O) groups is 3. The molecule has 2 aliphatic rings. The number of rotatable bonds is 12. The summed E-state index contributed by atoms with van der Waals surface area (Å²) in [6, 6.07) is 2.85. The van der Waals surface area contributed by atoms with E-state index in [0.29, 0.717) is 37.8 Å². The van der Waals surface area contributed by atoms with E-state index >= 15 is 0 Å². The van der Waals surface area contributed by atoms with Gasteiger partial charge in [-0.3, -0.25) is 24.2 Å². The van der Waals surface area contributed by atoms with Crippen LogP contribution in [0.5, 0.6) is 5.75 Å². The van der Waals surface area contributed by atoms with E-state index in [2.05, 4.69) is 31.1 Å². The number of hydrogen-bond acceptors (Lipinski definition) is 6. The number of carbonyl (C=O) groups excluding carboxylic acids is 3. The van der Waals surface area contributed by atoms with Crippen molar-refractivity contribution >= 4 is 23.5 Å². The standard InChI is InChI=1S/C36H48F2N4O5.C2H6.H2/c1-22(2)11-9-8-10-12-29(43)47-32-30-34(46)41-21-36(6,35(5,16-15-24(41)4)18-23(3)39-7)42(30)20-27(31(32)44)33(45)40-19-25-13-14-26(37)17-28(25)38;1-2;/h13-14,17,20,22,24H,8-12,15-16,18-19,21H2,1-7H3,(H,40,45);1-2H3;1H/t24-,35+,36+;;/m0../s1. The summed E-state index contributed by atoms with van der Waals surface area (Å²) in [5, 5.41) is 2.55. The molecule has 3 heterocycles. The molecule has 3 atom stereocenters. The molecule has 4 rings (SSSR count). The highest BCUT2D eigenvalue weighted by molar-refractivity contribution is 6.00. The minimum atomic E-state index is -0.904. The molecular weight excluding hydrogens is 630 g/mol. The highest BCUT2D eigenvalue weighted by Crippen LogP contribution is 2.51. The van der Waals surface area contributed by atoms with Crippen LogP contribution in [0.15, 0.2) is 34.2 Å². The second-order valence-corrected chi connectivity index (χ2v) is 14.1. The minimum Gasteiger partial charge on any atom is -0.420 e. The van der Waals surface area contributed by atoms with Crippen molar-refractivity contribution in [3.05, 3.63) is 63.1 Å². The predicted molar refractivity (Wildman–Crippen MR) is 190 cm³/mol. The fraction of sp³-hybridized carbons (Fsp3) is 0.605. The van der Waals surface area contributed by atoms with Crippen molar-refractivity contribution < 1.29 is 29.3 Å². The largest absolute Gasteiger partial charge is 0.420 e. The van der Waals surface area contributed by atoms with Gasteiger partial charge >= 0.3 is 5.97 Å². The zero-order valence-corrected chi connectivity index (χ0v) is 30.7. The molecule has 2 aliphatic heterocycles. The molecule has 2 aromatic rings. The first-order chi connectivity index (χ1) is 23.1. The Morgan fingerprint density at radius 3 is 2.47 bits per heavy atom. The molecule has 0 unspecified atom stereocenters. The first-order valence-corrected chi connectivity index (χ1v) is 17.6. The average Bonchev–Trinajstić information content (AvgIpc) is 3.14. The number of nitrogens with one attached hydrogen (secondary N) is 1. The number of aliphatic imine (C=N–C) groups is 1. The fourth-order valence-electron chi connectivity index (χ4n) is 6.87. The number of pyridine rings is 1. The van der Waals surface area contributed by atoms with Gasteiger partial charge in [0, 0.05) is 57.6 Å². The van der Waals surface area contributed by atoms with Crippen molar-refractivity contribution in [3.8, 4) is 5.75 Å². The van der Waals surface area contributed by atoms with Crippen molar-refractivity contribution in [1.82, 2.24) is 14.8 Å².